The second-order valence-corrected chi connectivity index (χ2v) is 6.54. The summed E-state index contributed by atoms with van der Waals surface area (Å²) in [5, 5.41) is 7.05. The van der Waals surface area contributed by atoms with Gasteiger partial charge in [0, 0.05) is 29.1 Å². The summed E-state index contributed by atoms with van der Waals surface area (Å²) in [7, 11) is 0. The van der Waals surface area contributed by atoms with Gasteiger partial charge in [-0.3, -0.25) is 14.4 Å². The molecule has 2 aromatic heterocycles. The van der Waals surface area contributed by atoms with Crippen LogP contribution in [0, 0.1) is 11.6 Å². The molecule has 2 heterocycles. The number of aromatic nitrogens is 3. The number of hydrogen-bond donors (Lipinski definition) is 3. The van der Waals surface area contributed by atoms with Crippen LogP contribution in [0.4, 0.5) is 14.5 Å². The third-order valence-corrected chi connectivity index (χ3v) is 4.11. The molecule has 2 amide bonds. The molecule has 0 aliphatic carbocycles. The first-order valence-electron chi connectivity index (χ1n) is 8.56. The van der Waals surface area contributed by atoms with Crippen LogP contribution in [0.5, 0.6) is 0 Å². The molecule has 150 valence electrons. The van der Waals surface area contributed by atoms with Gasteiger partial charge in [-0.15, -0.1) is 0 Å². The summed E-state index contributed by atoms with van der Waals surface area (Å²) in [5.74, 6) is -4.10. The molecule has 3 rings (SSSR count). The van der Waals surface area contributed by atoms with Gasteiger partial charge in [-0.05, 0) is 32.1 Å². The number of nitrogens with one attached hydrogen (secondary N) is 2. The Morgan fingerprint density at radius 2 is 1.97 bits per heavy atom. The van der Waals surface area contributed by atoms with E-state index >= 15 is 0 Å². The lowest BCUT2D eigenvalue weighted by molar-refractivity contribution is -0.111. The zero-order valence-electron chi connectivity index (χ0n) is 15.5. The molecule has 29 heavy (non-hydrogen) atoms. The molecule has 10 heteroatoms. The standard InChI is InChI=1S/C19H17F2N5O3/c1-9(2)26-18-11(8-23-26)5-10(19(29)25-18)3-4-16(27)24-15-6-12(17(22)28)13(20)7-14(15)21/h3-9H,1-2H3,(H2,22,28)(H,24,27)(H,25,29)/b4-3+. The lowest BCUT2D eigenvalue weighted by Crippen LogP contribution is -2.16. The Balaban J connectivity index is 1.84. The lowest BCUT2D eigenvalue weighted by Gasteiger charge is -2.07. The molecular weight excluding hydrogens is 384 g/mol. The van der Waals surface area contributed by atoms with Crippen LogP contribution in [0.15, 0.2) is 35.3 Å². The Labute approximate surface area is 163 Å². The molecule has 0 saturated heterocycles. The minimum Gasteiger partial charge on any atom is -0.366 e. The summed E-state index contributed by atoms with van der Waals surface area (Å²) in [6, 6.07) is 2.86. The number of primary amides is 1. The van der Waals surface area contributed by atoms with Crippen LogP contribution in [-0.2, 0) is 4.79 Å². The molecule has 0 aliphatic heterocycles. The van der Waals surface area contributed by atoms with Crippen LogP contribution in [0.1, 0.15) is 35.8 Å². The van der Waals surface area contributed by atoms with Gasteiger partial charge in [0.15, 0.2) is 0 Å². The Hall–Kier alpha value is -3.82. The average molecular weight is 401 g/mol. The number of rotatable bonds is 5. The predicted molar refractivity (Wildman–Crippen MR) is 103 cm³/mol. The summed E-state index contributed by atoms with van der Waals surface area (Å²) in [4.78, 5) is 38.2. The number of carbonyl (C=O) groups is 2. The number of fused-ring (bicyclic) bond motifs is 1. The van der Waals surface area contributed by atoms with Crippen molar-refractivity contribution in [3.05, 3.63) is 63.6 Å². The average Bonchev–Trinajstić information content (AvgIpc) is 3.04. The number of nitrogens with two attached hydrogens (primary N) is 1. The van der Waals surface area contributed by atoms with Crippen LogP contribution < -0.4 is 16.6 Å². The van der Waals surface area contributed by atoms with Crippen LogP contribution >= 0.6 is 0 Å². The smallest absolute Gasteiger partial charge is 0.256 e. The molecule has 0 spiro atoms. The Morgan fingerprint density at radius 3 is 2.62 bits per heavy atom. The van der Waals surface area contributed by atoms with E-state index in [1.165, 1.54) is 6.08 Å². The zero-order valence-corrected chi connectivity index (χ0v) is 15.5. The van der Waals surface area contributed by atoms with Crippen molar-refractivity contribution in [2.45, 2.75) is 19.9 Å². The fourth-order valence-corrected chi connectivity index (χ4v) is 2.71. The number of benzene rings is 1. The van der Waals surface area contributed by atoms with Crippen molar-refractivity contribution in [2.24, 2.45) is 5.73 Å². The van der Waals surface area contributed by atoms with E-state index in [9.17, 15) is 23.2 Å². The number of pyridine rings is 1. The summed E-state index contributed by atoms with van der Waals surface area (Å²) < 4.78 is 29.0. The molecule has 0 aliphatic rings. The summed E-state index contributed by atoms with van der Waals surface area (Å²) in [5.41, 5.74) is 4.33. The van der Waals surface area contributed by atoms with Gasteiger partial charge in [0.05, 0.1) is 17.4 Å². The maximum atomic E-state index is 13.8. The van der Waals surface area contributed by atoms with E-state index in [0.717, 1.165) is 12.1 Å². The van der Waals surface area contributed by atoms with Gasteiger partial charge in [0.25, 0.3) is 11.5 Å². The van der Waals surface area contributed by atoms with Gasteiger partial charge in [0.2, 0.25) is 5.91 Å². The van der Waals surface area contributed by atoms with E-state index in [0.29, 0.717) is 17.1 Å². The van der Waals surface area contributed by atoms with E-state index in [2.05, 4.69) is 15.4 Å². The van der Waals surface area contributed by atoms with Crippen molar-refractivity contribution in [1.82, 2.24) is 14.8 Å². The number of aromatic amines is 1. The highest BCUT2D eigenvalue weighted by Gasteiger charge is 2.15. The van der Waals surface area contributed by atoms with Crippen molar-refractivity contribution in [3.63, 3.8) is 0 Å². The highest BCUT2D eigenvalue weighted by Crippen LogP contribution is 2.20. The quantitative estimate of drug-likeness (QED) is 0.568. The molecular formula is C19H17F2N5O3. The van der Waals surface area contributed by atoms with Gasteiger partial charge < -0.3 is 16.0 Å². The van der Waals surface area contributed by atoms with E-state index in [1.54, 1.807) is 16.9 Å². The first-order valence-corrected chi connectivity index (χ1v) is 8.56. The molecule has 0 fully saturated rings. The second kappa shape index (κ2) is 7.66. The molecule has 0 radical (unpaired) electrons. The first kappa shape index (κ1) is 19.9. The number of carbonyl (C=O) groups excluding carboxylic acids is 2. The number of nitrogens with zero attached hydrogens (tertiary/aromatic N) is 2. The first-order chi connectivity index (χ1) is 13.7. The third kappa shape index (κ3) is 4.05. The summed E-state index contributed by atoms with van der Waals surface area (Å²) >= 11 is 0. The van der Waals surface area contributed by atoms with Gasteiger partial charge >= 0.3 is 0 Å². The predicted octanol–water partition coefficient (Wildman–Crippen LogP) is 2.33. The number of H-pyrrole nitrogens is 1. The van der Waals surface area contributed by atoms with E-state index in [-0.39, 0.29) is 11.6 Å². The maximum Gasteiger partial charge on any atom is 0.256 e. The maximum absolute atomic E-state index is 13.8. The summed E-state index contributed by atoms with van der Waals surface area (Å²) in [6.45, 7) is 3.84. The van der Waals surface area contributed by atoms with Gasteiger partial charge in [-0.1, -0.05) is 0 Å². The van der Waals surface area contributed by atoms with Gasteiger partial charge in [-0.2, -0.15) is 5.10 Å². The molecule has 4 N–H and O–H groups in total. The molecule has 0 bridgehead atoms. The molecule has 0 atom stereocenters. The van der Waals surface area contributed by atoms with E-state index < -0.39 is 40.3 Å². The molecule has 1 aromatic carbocycles. The molecule has 8 nitrogen and oxygen atoms in total. The van der Waals surface area contributed by atoms with E-state index in [1.807, 2.05) is 13.8 Å². The number of anilines is 1. The zero-order chi connectivity index (χ0) is 21.3. The molecule has 3 aromatic rings. The number of hydrogen-bond acceptors (Lipinski definition) is 4. The highest BCUT2D eigenvalue weighted by molar-refractivity contribution is 6.03. The Morgan fingerprint density at radius 1 is 1.24 bits per heavy atom. The minimum absolute atomic E-state index is 0.0474. The van der Waals surface area contributed by atoms with Gasteiger partial charge in [0.1, 0.15) is 17.3 Å². The fourth-order valence-electron chi connectivity index (χ4n) is 2.71. The summed E-state index contributed by atoms with van der Waals surface area (Å²) in [6.07, 6.45) is 3.84. The normalized spacial score (nSPS) is 11.5. The fraction of sp³-hybridized carbons (Fsp3) is 0.158. The van der Waals surface area contributed by atoms with Crippen molar-refractivity contribution >= 4 is 34.6 Å². The SMILES string of the molecule is CC(C)n1ncc2cc(/C=C/C(=O)Nc3cc(C(N)=O)c(F)cc3F)c(=O)[nH]c21. The number of halogens is 2. The van der Waals surface area contributed by atoms with Gasteiger partial charge in [-0.25, -0.2) is 13.5 Å². The van der Waals surface area contributed by atoms with Crippen LogP contribution in [0.2, 0.25) is 0 Å². The largest absolute Gasteiger partial charge is 0.366 e. The molecule has 0 unspecified atom stereocenters. The monoisotopic (exact) mass is 401 g/mol. The minimum atomic E-state index is -1.13. The van der Waals surface area contributed by atoms with Crippen LogP contribution in [-0.4, -0.2) is 26.6 Å². The highest BCUT2D eigenvalue weighted by atomic mass is 19.1. The van der Waals surface area contributed by atoms with Crippen LogP contribution in [0.3, 0.4) is 0 Å². The molecule has 0 saturated carbocycles. The Kier molecular flexibility index (Phi) is 5.26. The second-order valence-electron chi connectivity index (χ2n) is 6.54. The van der Waals surface area contributed by atoms with Crippen molar-refractivity contribution in [2.75, 3.05) is 5.32 Å². The third-order valence-electron chi connectivity index (χ3n) is 4.11. The van der Waals surface area contributed by atoms with Crippen LogP contribution in [0.25, 0.3) is 17.1 Å². The van der Waals surface area contributed by atoms with Crippen molar-refractivity contribution in [1.29, 1.82) is 0 Å². The van der Waals surface area contributed by atoms with Crippen molar-refractivity contribution in [3.8, 4) is 0 Å². The topological polar surface area (TPSA) is 123 Å². The number of amides is 2. The Bertz CT molecular complexity index is 1210. The lowest BCUT2D eigenvalue weighted by atomic mass is 10.1. The van der Waals surface area contributed by atoms with Crippen molar-refractivity contribution < 1.29 is 18.4 Å². The van der Waals surface area contributed by atoms with E-state index in [4.69, 9.17) is 5.73 Å².